The highest BCUT2D eigenvalue weighted by Gasteiger charge is 2.18. The molecule has 7 nitrogen and oxygen atoms in total. The normalized spacial score (nSPS) is 12.0. The summed E-state index contributed by atoms with van der Waals surface area (Å²) in [5.74, 6) is 0.674. The van der Waals surface area contributed by atoms with E-state index in [2.05, 4.69) is 21.8 Å². The standard InChI is InChI=1S/C33H27ClN4O3/c34-26-12-6-14-28(19-26)38-33(40)31(30(21-36-38)41-29-16-15-23-9-4-10-24(23)18-29)37-27-13-5-11-25(17-27)32(39)35-20-22-7-2-1-3-8-22/h1-3,5-8,11-19,21,37H,4,9-10,20H2,(H,35,39). The zero-order chi connectivity index (χ0) is 28.2. The highest BCUT2D eigenvalue weighted by Crippen LogP contribution is 2.32. The lowest BCUT2D eigenvalue weighted by Gasteiger charge is -2.15. The molecule has 0 atom stereocenters. The van der Waals surface area contributed by atoms with Crippen molar-refractivity contribution in [2.24, 2.45) is 0 Å². The zero-order valence-corrected chi connectivity index (χ0v) is 22.9. The van der Waals surface area contributed by atoms with Gasteiger partial charge in [0.1, 0.15) is 5.75 Å². The van der Waals surface area contributed by atoms with Gasteiger partial charge in [-0.2, -0.15) is 9.78 Å². The Hall–Kier alpha value is -4.88. The summed E-state index contributed by atoms with van der Waals surface area (Å²) < 4.78 is 7.49. The van der Waals surface area contributed by atoms with Crippen LogP contribution in [0.25, 0.3) is 5.69 Å². The zero-order valence-electron chi connectivity index (χ0n) is 22.1. The molecule has 6 rings (SSSR count). The van der Waals surface area contributed by atoms with Crippen LogP contribution in [-0.4, -0.2) is 15.7 Å². The molecule has 0 spiro atoms. The minimum Gasteiger partial charge on any atom is -0.453 e. The molecule has 0 bridgehead atoms. The van der Waals surface area contributed by atoms with Gasteiger partial charge in [-0.3, -0.25) is 9.59 Å². The molecule has 1 heterocycles. The predicted octanol–water partition coefficient (Wildman–Crippen LogP) is 6.84. The molecule has 204 valence electrons. The number of carbonyl (C=O) groups is 1. The fourth-order valence-corrected chi connectivity index (χ4v) is 5.11. The first kappa shape index (κ1) is 26.3. The third kappa shape index (κ3) is 6.00. The maximum atomic E-state index is 13.8. The van der Waals surface area contributed by atoms with Gasteiger partial charge in [-0.25, -0.2) is 0 Å². The highest BCUT2D eigenvalue weighted by molar-refractivity contribution is 6.30. The number of aromatic nitrogens is 2. The number of benzene rings is 4. The van der Waals surface area contributed by atoms with Crippen LogP contribution >= 0.6 is 11.6 Å². The van der Waals surface area contributed by atoms with Gasteiger partial charge in [0.25, 0.3) is 11.5 Å². The topological polar surface area (TPSA) is 85.2 Å². The van der Waals surface area contributed by atoms with Crippen molar-refractivity contribution in [2.75, 3.05) is 5.32 Å². The molecule has 5 aromatic rings. The lowest BCUT2D eigenvalue weighted by atomic mass is 10.1. The quantitative estimate of drug-likeness (QED) is 0.216. The monoisotopic (exact) mass is 562 g/mol. The Morgan fingerprint density at radius 2 is 1.73 bits per heavy atom. The molecular weight excluding hydrogens is 536 g/mol. The number of rotatable bonds is 8. The van der Waals surface area contributed by atoms with Crippen LogP contribution in [0.3, 0.4) is 0 Å². The number of amides is 1. The predicted molar refractivity (Wildman–Crippen MR) is 161 cm³/mol. The molecule has 0 fully saturated rings. The Morgan fingerprint density at radius 1 is 0.902 bits per heavy atom. The van der Waals surface area contributed by atoms with Crippen LogP contribution in [0, 0.1) is 0 Å². The first-order chi connectivity index (χ1) is 20.0. The van der Waals surface area contributed by atoms with Crippen LogP contribution < -0.4 is 20.9 Å². The van der Waals surface area contributed by atoms with Crippen molar-refractivity contribution >= 4 is 28.9 Å². The average Bonchev–Trinajstić information content (AvgIpc) is 3.46. The van der Waals surface area contributed by atoms with Crippen LogP contribution in [0.4, 0.5) is 11.4 Å². The number of halogens is 1. The van der Waals surface area contributed by atoms with Gasteiger partial charge in [-0.15, -0.1) is 0 Å². The van der Waals surface area contributed by atoms with Crippen molar-refractivity contribution in [3.05, 3.63) is 141 Å². The van der Waals surface area contributed by atoms with Gasteiger partial charge in [0.05, 0.1) is 11.9 Å². The molecule has 0 saturated heterocycles. The molecule has 1 amide bonds. The lowest BCUT2D eigenvalue weighted by molar-refractivity contribution is 0.0951. The molecule has 8 heteroatoms. The van der Waals surface area contributed by atoms with Crippen molar-refractivity contribution in [1.29, 1.82) is 0 Å². The maximum absolute atomic E-state index is 13.8. The molecule has 0 aliphatic heterocycles. The van der Waals surface area contributed by atoms with E-state index in [1.54, 1.807) is 48.5 Å². The van der Waals surface area contributed by atoms with Gasteiger partial charge in [-0.1, -0.05) is 60.1 Å². The fraction of sp³-hybridized carbons (Fsp3) is 0.121. The lowest BCUT2D eigenvalue weighted by Crippen LogP contribution is -2.24. The summed E-state index contributed by atoms with van der Waals surface area (Å²) in [6.45, 7) is 0.408. The second-order valence-corrected chi connectivity index (χ2v) is 10.3. The van der Waals surface area contributed by atoms with E-state index in [9.17, 15) is 9.59 Å². The van der Waals surface area contributed by atoms with Crippen molar-refractivity contribution in [2.45, 2.75) is 25.8 Å². The number of anilines is 2. The van der Waals surface area contributed by atoms with E-state index < -0.39 is 5.56 Å². The summed E-state index contributed by atoms with van der Waals surface area (Å²) >= 11 is 6.19. The molecule has 4 aromatic carbocycles. The second-order valence-electron chi connectivity index (χ2n) is 9.84. The van der Waals surface area contributed by atoms with Gasteiger partial charge in [0.2, 0.25) is 0 Å². The maximum Gasteiger partial charge on any atom is 0.299 e. The second kappa shape index (κ2) is 11.7. The van der Waals surface area contributed by atoms with Gasteiger partial charge in [-0.05, 0) is 84.5 Å². The van der Waals surface area contributed by atoms with Gasteiger partial charge in [0, 0.05) is 22.8 Å². The highest BCUT2D eigenvalue weighted by atomic mass is 35.5. The van der Waals surface area contributed by atoms with Crippen molar-refractivity contribution in [1.82, 2.24) is 15.1 Å². The summed E-state index contributed by atoms with van der Waals surface area (Å²) in [6.07, 6.45) is 4.70. The van der Waals surface area contributed by atoms with E-state index >= 15 is 0 Å². The SMILES string of the molecule is O=C(NCc1ccccc1)c1cccc(Nc2c(Oc3ccc4c(c3)CCC4)cnn(-c3cccc(Cl)c3)c2=O)c1. The Balaban J connectivity index is 1.32. The largest absolute Gasteiger partial charge is 0.453 e. The van der Waals surface area contributed by atoms with E-state index in [-0.39, 0.29) is 17.3 Å². The molecule has 1 aliphatic rings. The number of fused-ring (bicyclic) bond motifs is 1. The summed E-state index contributed by atoms with van der Waals surface area (Å²) in [7, 11) is 0. The van der Waals surface area contributed by atoms with Crippen LogP contribution in [-0.2, 0) is 19.4 Å². The molecule has 41 heavy (non-hydrogen) atoms. The van der Waals surface area contributed by atoms with E-state index in [1.807, 2.05) is 42.5 Å². The molecule has 2 N–H and O–H groups in total. The molecule has 0 unspecified atom stereocenters. The Labute approximate surface area is 242 Å². The minimum absolute atomic E-state index is 0.183. The molecule has 1 aromatic heterocycles. The van der Waals surface area contributed by atoms with Crippen molar-refractivity contribution < 1.29 is 9.53 Å². The van der Waals surface area contributed by atoms with Gasteiger partial charge >= 0.3 is 0 Å². The number of nitrogens with one attached hydrogen (secondary N) is 2. The summed E-state index contributed by atoms with van der Waals surface area (Å²) in [6, 6.07) is 29.6. The third-order valence-corrected chi connectivity index (χ3v) is 7.22. The van der Waals surface area contributed by atoms with E-state index in [0.717, 1.165) is 24.8 Å². The van der Waals surface area contributed by atoms with E-state index in [1.165, 1.54) is 22.0 Å². The number of ether oxygens (including phenoxy) is 1. The Kier molecular flexibility index (Phi) is 7.52. The Bertz CT molecular complexity index is 1790. The third-order valence-electron chi connectivity index (χ3n) is 6.98. The summed E-state index contributed by atoms with van der Waals surface area (Å²) in [5, 5.41) is 11.0. The number of nitrogens with zero attached hydrogens (tertiary/aromatic N) is 2. The van der Waals surface area contributed by atoms with Crippen molar-refractivity contribution in [3.8, 4) is 17.2 Å². The molecule has 0 radical (unpaired) electrons. The van der Waals surface area contributed by atoms with Crippen LogP contribution in [0.15, 0.2) is 108 Å². The number of aryl methyl sites for hydroxylation is 2. The van der Waals surface area contributed by atoms with E-state index in [4.69, 9.17) is 16.3 Å². The fourth-order valence-electron chi connectivity index (χ4n) is 4.92. The van der Waals surface area contributed by atoms with Gasteiger partial charge < -0.3 is 15.4 Å². The number of hydrogen-bond acceptors (Lipinski definition) is 5. The van der Waals surface area contributed by atoms with E-state index in [0.29, 0.717) is 34.3 Å². The average molecular weight is 563 g/mol. The van der Waals surface area contributed by atoms with Gasteiger partial charge in [0.15, 0.2) is 11.4 Å². The molecule has 0 saturated carbocycles. The first-order valence-electron chi connectivity index (χ1n) is 13.4. The summed E-state index contributed by atoms with van der Waals surface area (Å²) in [5.41, 5.74) is 4.87. The smallest absolute Gasteiger partial charge is 0.299 e. The van der Waals surface area contributed by atoms with Crippen LogP contribution in [0.1, 0.15) is 33.5 Å². The molecule has 1 aliphatic carbocycles. The first-order valence-corrected chi connectivity index (χ1v) is 13.8. The summed E-state index contributed by atoms with van der Waals surface area (Å²) in [4.78, 5) is 26.7. The van der Waals surface area contributed by atoms with Crippen LogP contribution in [0.5, 0.6) is 11.5 Å². The van der Waals surface area contributed by atoms with Crippen molar-refractivity contribution in [3.63, 3.8) is 0 Å². The number of carbonyl (C=O) groups excluding carboxylic acids is 1. The number of hydrogen-bond donors (Lipinski definition) is 2. The minimum atomic E-state index is -0.426. The Morgan fingerprint density at radius 3 is 2.59 bits per heavy atom. The van der Waals surface area contributed by atoms with Crippen LogP contribution in [0.2, 0.25) is 5.02 Å². The molecular formula is C33H27ClN4O3.